The van der Waals surface area contributed by atoms with Crippen molar-refractivity contribution in [3.63, 3.8) is 0 Å². The number of hydrogen-bond donors (Lipinski definition) is 1. The van der Waals surface area contributed by atoms with Crippen LogP contribution in [0.3, 0.4) is 0 Å². The number of anilines is 1. The third-order valence-corrected chi connectivity index (χ3v) is 3.31. The standard InChI is InChI=1S/C11H14INO2/c12-10-3-1-2-4-11(10)13-7-9-5-6-14-8-15-9/h1-4,9,13H,5-8H2. The highest BCUT2D eigenvalue weighted by atomic mass is 127. The van der Waals surface area contributed by atoms with Gasteiger partial charge in [0.15, 0.2) is 0 Å². The minimum Gasteiger partial charge on any atom is -0.382 e. The number of halogens is 1. The molecule has 1 N–H and O–H groups in total. The van der Waals surface area contributed by atoms with Crippen LogP contribution in [0, 0.1) is 3.57 Å². The van der Waals surface area contributed by atoms with Crippen molar-refractivity contribution in [1.82, 2.24) is 0 Å². The van der Waals surface area contributed by atoms with Crippen molar-refractivity contribution in [2.24, 2.45) is 0 Å². The summed E-state index contributed by atoms with van der Waals surface area (Å²) >= 11 is 2.33. The molecule has 82 valence electrons. The van der Waals surface area contributed by atoms with Crippen LogP contribution in [0.4, 0.5) is 5.69 Å². The van der Waals surface area contributed by atoms with Crippen molar-refractivity contribution >= 4 is 28.3 Å². The molecule has 3 nitrogen and oxygen atoms in total. The first-order chi connectivity index (χ1) is 7.36. The lowest BCUT2D eigenvalue weighted by Crippen LogP contribution is -2.30. The molecule has 0 bridgehead atoms. The van der Waals surface area contributed by atoms with E-state index in [9.17, 15) is 0 Å². The van der Waals surface area contributed by atoms with Crippen LogP contribution in [-0.4, -0.2) is 26.0 Å². The van der Waals surface area contributed by atoms with Gasteiger partial charge in [0.25, 0.3) is 0 Å². The molecule has 1 saturated heterocycles. The highest BCUT2D eigenvalue weighted by Gasteiger charge is 2.13. The molecule has 1 fully saturated rings. The zero-order valence-corrected chi connectivity index (χ0v) is 10.6. The molecular formula is C11H14INO2. The number of ether oxygens (including phenoxy) is 2. The van der Waals surface area contributed by atoms with Gasteiger partial charge < -0.3 is 14.8 Å². The lowest BCUT2D eigenvalue weighted by Gasteiger charge is -2.23. The van der Waals surface area contributed by atoms with Gasteiger partial charge in [-0.25, -0.2) is 0 Å². The van der Waals surface area contributed by atoms with Crippen LogP contribution >= 0.6 is 22.6 Å². The molecule has 1 atom stereocenters. The Morgan fingerprint density at radius 3 is 3.00 bits per heavy atom. The third-order valence-electron chi connectivity index (χ3n) is 2.37. The second-order valence-electron chi connectivity index (χ2n) is 3.46. The second kappa shape index (κ2) is 5.67. The molecule has 1 unspecified atom stereocenters. The molecule has 1 aliphatic heterocycles. The third kappa shape index (κ3) is 3.32. The molecule has 0 aromatic heterocycles. The topological polar surface area (TPSA) is 30.5 Å². The summed E-state index contributed by atoms with van der Waals surface area (Å²) in [5, 5.41) is 3.39. The summed E-state index contributed by atoms with van der Waals surface area (Å²) in [6, 6.07) is 8.25. The van der Waals surface area contributed by atoms with Gasteiger partial charge in [-0.15, -0.1) is 0 Å². The van der Waals surface area contributed by atoms with Gasteiger partial charge in [0.2, 0.25) is 0 Å². The van der Waals surface area contributed by atoms with E-state index >= 15 is 0 Å². The van der Waals surface area contributed by atoms with Crippen LogP contribution in [0.2, 0.25) is 0 Å². The van der Waals surface area contributed by atoms with Crippen molar-refractivity contribution in [3.05, 3.63) is 27.8 Å². The summed E-state index contributed by atoms with van der Waals surface area (Å²) in [5.41, 5.74) is 1.17. The molecule has 0 aliphatic carbocycles. The van der Waals surface area contributed by atoms with Crippen molar-refractivity contribution < 1.29 is 9.47 Å². The van der Waals surface area contributed by atoms with Crippen LogP contribution in [-0.2, 0) is 9.47 Å². The van der Waals surface area contributed by atoms with Crippen molar-refractivity contribution in [3.8, 4) is 0 Å². The van der Waals surface area contributed by atoms with E-state index in [0.29, 0.717) is 6.79 Å². The predicted octanol–water partition coefficient (Wildman–Crippen LogP) is 2.47. The Balaban J connectivity index is 1.84. The van der Waals surface area contributed by atoms with Crippen LogP contribution in [0.1, 0.15) is 6.42 Å². The van der Waals surface area contributed by atoms with E-state index in [0.717, 1.165) is 19.6 Å². The van der Waals surface area contributed by atoms with Gasteiger partial charge in [0, 0.05) is 15.8 Å². The van der Waals surface area contributed by atoms with E-state index in [4.69, 9.17) is 9.47 Å². The fourth-order valence-corrected chi connectivity index (χ4v) is 2.07. The quantitative estimate of drug-likeness (QED) is 0.868. The van der Waals surface area contributed by atoms with Gasteiger partial charge in [0.1, 0.15) is 6.79 Å². The molecule has 2 rings (SSSR count). The smallest absolute Gasteiger partial charge is 0.147 e. The van der Waals surface area contributed by atoms with Gasteiger partial charge in [-0.05, 0) is 41.1 Å². The largest absolute Gasteiger partial charge is 0.382 e. The monoisotopic (exact) mass is 319 g/mol. The fourth-order valence-electron chi connectivity index (χ4n) is 1.49. The fraction of sp³-hybridized carbons (Fsp3) is 0.455. The minimum absolute atomic E-state index is 0.273. The van der Waals surface area contributed by atoms with E-state index in [1.54, 1.807) is 0 Å². The average Bonchev–Trinajstić information content (AvgIpc) is 2.29. The van der Waals surface area contributed by atoms with Crippen molar-refractivity contribution in [2.75, 3.05) is 25.3 Å². The Bertz CT molecular complexity index is 313. The molecule has 4 heteroatoms. The van der Waals surface area contributed by atoms with E-state index in [1.165, 1.54) is 9.26 Å². The van der Waals surface area contributed by atoms with Crippen LogP contribution in [0.15, 0.2) is 24.3 Å². The lowest BCUT2D eigenvalue weighted by atomic mass is 10.2. The molecule has 1 aromatic rings. The summed E-state index contributed by atoms with van der Waals surface area (Å²) in [6.07, 6.45) is 1.24. The summed E-state index contributed by atoms with van der Waals surface area (Å²) in [5.74, 6) is 0. The molecule has 1 aliphatic rings. The number of nitrogens with one attached hydrogen (secondary N) is 1. The average molecular weight is 319 g/mol. The Kier molecular flexibility index (Phi) is 4.22. The highest BCUT2D eigenvalue weighted by Crippen LogP contribution is 2.17. The van der Waals surface area contributed by atoms with Gasteiger partial charge >= 0.3 is 0 Å². The summed E-state index contributed by atoms with van der Waals surface area (Å²) in [4.78, 5) is 0. The number of benzene rings is 1. The van der Waals surface area contributed by atoms with Gasteiger partial charge in [-0.2, -0.15) is 0 Å². The molecule has 1 aromatic carbocycles. The van der Waals surface area contributed by atoms with Crippen molar-refractivity contribution in [2.45, 2.75) is 12.5 Å². The van der Waals surface area contributed by atoms with Gasteiger partial charge in [-0.1, -0.05) is 12.1 Å². The maximum atomic E-state index is 5.45. The Morgan fingerprint density at radius 1 is 1.40 bits per heavy atom. The van der Waals surface area contributed by atoms with Gasteiger partial charge in [-0.3, -0.25) is 0 Å². The van der Waals surface area contributed by atoms with E-state index < -0.39 is 0 Å². The molecule has 0 spiro atoms. The molecular weight excluding hydrogens is 305 g/mol. The van der Waals surface area contributed by atoms with E-state index in [2.05, 4.69) is 40.0 Å². The Labute approximate surface area is 103 Å². The van der Waals surface area contributed by atoms with E-state index in [1.807, 2.05) is 12.1 Å². The van der Waals surface area contributed by atoms with Crippen molar-refractivity contribution in [1.29, 1.82) is 0 Å². The zero-order valence-electron chi connectivity index (χ0n) is 8.41. The van der Waals surface area contributed by atoms with Crippen LogP contribution in [0.25, 0.3) is 0 Å². The first-order valence-electron chi connectivity index (χ1n) is 5.04. The zero-order chi connectivity index (χ0) is 10.5. The van der Waals surface area contributed by atoms with Crippen LogP contribution in [0.5, 0.6) is 0 Å². The number of para-hydroxylation sites is 1. The first kappa shape index (κ1) is 11.2. The molecule has 0 saturated carbocycles. The Hall–Kier alpha value is -0.330. The predicted molar refractivity (Wildman–Crippen MR) is 68.0 cm³/mol. The summed E-state index contributed by atoms with van der Waals surface area (Å²) in [7, 11) is 0. The SMILES string of the molecule is Ic1ccccc1NCC1CCOCO1. The normalized spacial score (nSPS) is 21.3. The number of hydrogen-bond acceptors (Lipinski definition) is 3. The minimum atomic E-state index is 0.273. The second-order valence-corrected chi connectivity index (χ2v) is 4.63. The van der Waals surface area contributed by atoms with Gasteiger partial charge in [0.05, 0.1) is 12.7 Å². The molecule has 15 heavy (non-hydrogen) atoms. The summed E-state index contributed by atoms with van der Waals surface area (Å²) < 4.78 is 11.8. The molecule has 1 heterocycles. The highest BCUT2D eigenvalue weighted by molar-refractivity contribution is 14.1. The first-order valence-corrected chi connectivity index (χ1v) is 6.12. The maximum Gasteiger partial charge on any atom is 0.147 e. The summed E-state index contributed by atoms with van der Waals surface area (Å²) in [6.45, 7) is 2.08. The molecule has 0 radical (unpaired) electrons. The molecule has 0 amide bonds. The van der Waals surface area contributed by atoms with Crippen LogP contribution < -0.4 is 5.32 Å². The Morgan fingerprint density at radius 2 is 2.27 bits per heavy atom. The number of rotatable bonds is 3. The van der Waals surface area contributed by atoms with E-state index in [-0.39, 0.29) is 6.10 Å². The lowest BCUT2D eigenvalue weighted by molar-refractivity contribution is -0.133. The maximum absolute atomic E-state index is 5.45.